The maximum Gasteiger partial charge on any atom is 0.225 e. The standard InChI is InChI=1S/C16H21F2NO2/c1-11-5-7-16(10-20,8-6-11)19-15(21)9-12-13(17)3-2-4-14(12)18/h2-4,11,20H,5-10H2,1H3,(H,19,21). The van der Waals surface area contributed by atoms with Gasteiger partial charge in [-0.25, -0.2) is 8.78 Å². The molecular formula is C16H21F2NO2. The average molecular weight is 297 g/mol. The molecule has 3 nitrogen and oxygen atoms in total. The molecule has 0 radical (unpaired) electrons. The van der Waals surface area contributed by atoms with Crippen LogP contribution < -0.4 is 5.32 Å². The van der Waals surface area contributed by atoms with Gasteiger partial charge in [-0.3, -0.25) is 4.79 Å². The zero-order valence-electron chi connectivity index (χ0n) is 12.2. The zero-order chi connectivity index (χ0) is 15.5. The summed E-state index contributed by atoms with van der Waals surface area (Å²) >= 11 is 0. The Morgan fingerprint density at radius 3 is 2.43 bits per heavy atom. The van der Waals surface area contributed by atoms with E-state index in [4.69, 9.17) is 0 Å². The molecule has 1 fully saturated rings. The van der Waals surface area contributed by atoms with E-state index in [1.165, 1.54) is 6.07 Å². The normalized spacial score (nSPS) is 25.6. The lowest BCUT2D eigenvalue weighted by molar-refractivity contribution is -0.123. The molecule has 1 aliphatic rings. The third kappa shape index (κ3) is 3.79. The summed E-state index contributed by atoms with van der Waals surface area (Å²) in [5.41, 5.74) is -0.877. The van der Waals surface area contributed by atoms with Crippen LogP contribution >= 0.6 is 0 Å². The van der Waals surface area contributed by atoms with Crippen molar-refractivity contribution in [1.82, 2.24) is 5.32 Å². The van der Waals surface area contributed by atoms with Gasteiger partial charge in [0.25, 0.3) is 0 Å². The van der Waals surface area contributed by atoms with E-state index in [0.29, 0.717) is 18.8 Å². The third-order valence-corrected chi connectivity index (χ3v) is 4.34. The number of hydrogen-bond donors (Lipinski definition) is 2. The highest BCUT2D eigenvalue weighted by molar-refractivity contribution is 5.79. The van der Waals surface area contributed by atoms with Crippen molar-refractivity contribution >= 4 is 5.91 Å². The van der Waals surface area contributed by atoms with E-state index in [2.05, 4.69) is 12.2 Å². The number of benzene rings is 1. The summed E-state index contributed by atoms with van der Waals surface area (Å²) < 4.78 is 27.1. The van der Waals surface area contributed by atoms with E-state index < -0.39 is 23.1 Å². The van der Waals surface area contributed by atoms with Crippen LogP contribution in [0.25, 0.3) is 0 Å². The van der Waals surface area contributed by atoms with Crippen LogP contribution in [0, 0.1) is 17.6 Å². The Labute approximate surface area is 123 Å². The largest absolute Gasteiger partial charge is 0.394 e. The van der Waals surface area contributed by atoms with Gasteiger partial charge in [-0.15, -0.1) is 0 Å². The van der Waals surface area contributed by atoms with Crippen molar-refractivity contribution in [3.8, 4) is 0 Å². The predicted molar refractivity (Wildman–Crippen MR) is 75.7 cm³/mol. The van der Waals surface area contributed by atoms with E-state index in [-0.39, 0.29) is 18.6 Å². The van der Waals surface area contributed by atoms with Gasteiger partial charge < -0.3 is 10.4 Å². The van der Waals surface area contributed by atoms with E-state index >= 15 is 0 Å². The Balaban J connectivity index is 2.04. The van der Waals surface area contributed by atoms with Crippen LogP contribution in [0.4, 0.5) is 8.78 Å². The highest BCUT2D eigenvalue weighted by Crippen LogP contribution is 2.31. The minimum absolute atomic E-state index is 0.148. The van der Waals surface area contributed by atoms with Crippen LogP contribution in [-0.4, -0.2) is 23.2 Å². The number of amides is 1. The monoisotopic (exact) mass is 297 g/mol. The van der Waals surface area contributed by atoms with Gasteiger partial charge in [0.2, 0.25) is 5.91 Å². The number of nitrogens with one attached hydrogen (secondary N) is 1. The zero-order valence-corrected chi connectivity index (χ0v) is 12.2. The fourth-order valence-electron chi connectivity index (χ4n) is 2.84. The van der Waals surface area contributed by atoms with Gasteiger partial charge >= 0.3 is 0 Å². The summed E-state index contributed by atoms with van der Waals surface area (Å²) in [6.45, 7) is 1.99. The predicted octanol–water partition coefficient (Wildman–Crippen LogP) is 2.56. The minimum atomic E-state index is -0.722. The summed E-state index contributed by atoms with van der Waals surface area (Å²) in [6.07, 6.45) is 2.88. The molecule has 0 aliphatic heterocycles. The Kier molecular flexibility index (Phi) is 4.93. The summed E-state index contributed by atoms with van der Waals surface area (Å²) in [5, 5.41) is 12.4. The van der Waals surface area contributed by atoms with E-state index in [0.717, 1.165) is 25.0 Å². The molecule has 1 aromatic rings. The molecule has 1 aromatic carbocycles. The summed E-state index contributed by atoms with van der Waals surface area (Å²) in [7, 11) is 0. The van der Waals surface area contributed by atoms with Crippen molar-refractivity contribution in [1.29, 1.82) is 0 Å². The first-order chi connectivity index (χ1) is 9.96. The molecule has 1 amide bonds. The van der Waals surface area contributed by atoms with Crippen molar-refractivity contribution in [2.45, 2.75) is 44.6 Å². The van der Waals surface area contributed by atoms with Gasteiger partial charge in [0, 0.05) is 5.56 Å². The number of hydrogen-bond acceptors (Lipinski definition) is 2. The van der Waals surface area contributed by atoms with E-state index in [1.54, 1.807) is 0 Å². The second kappa shape index (κ2) is 6.52. The smallest absolute Gasteiger partial charge is 0.225 e. The van der Waals surface area contributed by atoms with E-state index in [1.807, 2.05) is 0 Å². The van der Waals surface area contributed by atoms with Gasteiger partial charge in [0.15, 0.2) is 0 Å². The van der Waals surface area contributed by atoms with Gasteiger partial charge in [-0.05, 0) is 43.7 Å². The Hall–Kier alpha value is -1.49. The second-order valence-corrected chi connectivity index (χ2v) is 6.05. The maximum absolute atomic E-state index is 13.5. The van der Waals surface area contributed by atoms with Gasteiger partial charge in [0.05, 0.1) is 18.6 Å². The average Bonchev–Trinajstić information content (AvgIpc) is 2.46. The van der Waals surface area contributed by atoms with Crippen LogP contribution in [0.5, 0.6) is 0 Å². The minimum Gasteiger partial charge on any atom is -0.394 e. The third-order valence-electron chi connectivity index (χ3n) is 4.34. The number of aliphatic hydroxyl groups is 1. The quantitative estimate of drug-likeness (QED) is 0.897. The first-order valence-corrected chi connectivity index (χ1v) is 7.30. The Morgan fingerprint density at radius 1 is 1.33 bits per heavy atom. The van der Waals surface area contributed by atoms with Gasteiger partial charge in [-0.1, -0.05) is 13.0 Å². The van der Waals surface area contributed by atoms with Crippen LogP contribution in [0.2, 0.25) is 0 Å². The number of halogens is 2. The molecule has 21 heavy (non-hydrogen) atoms. The first-order valence-electron chi connectivity index (χ1n) is 7.30. The van der Waals surface area contributed by atoms with Crippen molar-refractivity contribution in [2.75, 3.05) is 6.61 Å². The van der Waals surface area contributed by atoms with E-state index in [9.17, 15) is 18.7 Å². The fraction of sp³-hybridized carbons (Fsp3) is 0.562. The molecule has 116 valence electrons. The summed E-state index contributed by atoms with van der Waals surface area (Å²) in [5.74, 6) is -1.32. The molecule has 2 N–H and O–H groups in total. The molecule has 1 saturated carbocycles. The number of carbonyl (C=O) groups is 1. The van der Waals surface area contributed by atoms with Gasteiger partial charge in [0.1, 0.15) is 11.6 Å². The molecule has 0 unspecified atom stereocenters. The lowest BCUT2D eigenvalue weighted by atomic mass is 9.77. The lowest BCUT2D eigenvalue weighted by Gasteiger charge is -2.38. The van der Waals surface area contributed by atoms with Crippen molar-refractivity contribution in [3.05, 3.63) is 35.4 Å². The molecule has 0 atom stereocenters. The molecule has 0 saturated heterocycles. The van der Waals surface area contributed by atoms with Crippen LogP contribution in [0.1, 0.15) is 38.2 Å². The summed E-state index contributed by atoms with van der Waals surface area (Å²) in [4.78, 5) is 12.1. The van der Waals surface area contributed by atoms with Gasteiger partial charge in [-0.2, -0.15) is 0 Å². The van der Waals surface area contributed by atoms with Crippen LogP contribution in [-0.2, 0) is 11.2 Å². The lowest BCUT2D eigenvalue weighted by Crippen LogP contribution is -2.53. The van der Waals surface area contributed by atoms with Crippen molar-refractivity contribution in [3.63, 3.8) is 0 Å². The van der Waals surface area contributed by atoms with Crippen molar-refractivity contribution in [2.24, 2.45) is 5.92 Å². The molecule has 0 heterocycles. The number of aliphatic hydroxyl groups excluding tert-OH is 1. The molecule has 2 rings (SSSR count). The van der Waals surface area contributed by atoms with Crippen LogP contribution in [0.3, 0.4) is 0 Å². The highest BCUT2D eigenvalue weighted by atomic mass is 19.1. The number of rotatable bonds is 4. The maximum atomic E-state index is 13.5. The Morgan fingerprint density at radius 2 is 1.90 bits per heavy atom. The highest BCUT2D eigenvalue weighted by Gasteiger charge is 2.35. The van der Waals surface area contributed by atoms with Crippen LogP contribution in [0.15, 0.2) is 18.2 Å². The first kappa shape index (κ1) is 15.9. The van der Waals surface area contributed by atoms with Crippen molar-refractivity contribution < 1.29 is 18.7 Å². The molecule has 5 heteroatoms. The molecule has 0 aromatic heterocycles. The molecule has 0 spiro atoms. The fourth-order valence-corrected chi connectivity index (χ4v) is 2.84. The molecule has 0 bridgehead atoms. The molecular weight excluding hydrogens is 276 g/mol. The number of carbonyl (C=O) groups excluding carboxylic acids is 1. The molecule has 1 aliphatic carbocycles. The second-order valence-electron chi connectivity index (χ2n) is 6.05. The summed E-state index contributed by atoms with van der Waals surface area (Å²) in [6, 6.07) is 3.54. The topological polar surface area (TPSA) is 49.3 Å². The Bertz CT molecular complexity index is 491. The SMILES string of the molecule is CC1CCC(CO)(NC(=O)Cc2c(F)cccc2F)CC1.